The van der Waals surface area contributed by atoms with Crippen LogP contribution in [0.25, 0.3) is 0 Å². The Morgan fingerprint density at radius 3 is 3.05 bits per heavy atom. The summed E-state index contributed by atoms with van der Waals surface area (Å²) >= 11 is 1.75. The van der Waals surface area contributed by atoms with E-state index in [0.29, 0.717) is 5.96 Å². The average Bonchev–Trinajstić information content (AvgIpc) is 3.06. The van der Waals surface area contributed by atoms with Gasteiger partial charge >= 0.3 is 0 Å². The van der Waals surface area contributed by atoms with Crippen molar-refractivity contribution in [2.24, 2.45) is 10.7 Å². The highest BCUT2D eigenvalue weighted by molar-refractivity contribution is 7.13. The number of thiazole rings is 1. The van der Waals surface area contributed by atoms with E-state index in [-0.39, 0.29) is 0 Å². The van der Waals surface area contributed by atoms with Crippen molar-refractivity contribution in [3.63, 3.8) is 0 Å². The van der Waals surface area contributed by atoms with E-state index in [0.717, 1.165) is 44.7 Å². The van der Waals surface area contributed by atoms with Crippen molar-refractivity contribution in [3.05, 3.63) is 11.1 Å². The maximum Gasteiger partial charge on any atom is 0.188 e. The fourth-order valence-corrected chi connectivity index (χ4v) is 2.99. The minimum absolute atomic E-state index is 0.539. The summed E-state index contributed by atoms with van der Waals surface area (Å²) in [5, 5.41) is 6.44. The number of nitrogens with zero attached hydrogens (tertiary/aromatic N) is 3. The molecule has 6 heteroatoms. The zero-order valence-corrected chi connectivity index (χ0v) is 12.4. The lowest BCUT2D eigenvalue weighted by molar-refractivity contribution is 0.823. The van der Waals surface area contributed by atoms with E-state index in [1.807, 2.05) is 0 Å². The molecule has 1 aliphatic heterocycles. The van der Waals surface area contributed by atoms with Crippen molar-refractivity contribution in [1.82, 2.24) is 10.3 Å². The van der Waals surface area contributed by atoms with E-state index in [9.17, 15) is 0 Å². The molecule has 1 aliphatic rings. The minimum atomic E-state index is 0.539. The third-order valence-corrected chi connectivity index (χ3v) is 4.06. The quantitative estimate of drug-likeness (QED) is 0.614. The van der Waals surface area contributed by atoms with Crippen molar-refractivity contribution in [2.45, 2.75) is 32.6 Å². The summed E-state index contributed by atoms with van der Waals surface area (Å²) in [6.07, 6.45) is 4.50. The van der Waals surface area contributed by atoms with Gasteiger partial charge in [0.25, 0.3) is 0 Å². The molecule has 1 fully saturated rings. The second kappa shape index (κ2) is 7.33. The van der Waals surface area contributed by atoms with Gasteiger partial charge in [-0.1, -0.05) is 6.92 Å². The molecule has 0 radical (unpaired) electrons. The molecule has 0 saturated carbocycles. The SMILES string of the molecule is CCCN=C(N)NCCc1csc(N2CCCC2)n1. The van der Waals surface area contributed by atoms with Crippen LogP contribution in [0.2, 0.25) is 0 Å². The number of rotatable bonds is 6. The summed E-state index contributed by atoms with van der Waals surface area (Å²) in [5.74, 6) is 0.539. The number of guanidine groups is 1. The highest BCUT2D eigenvalue weighted by Crippen LogP contribution is 2.24. The minimum Gasteiger partial charge on any atom is -0.370 e. The van der Waals surface area contributed by atoms with Crippen LogP contribution in [0.1, 0.15) is 31.9 Å². The largest absolute Gasteiger partial charge is 0.370 e. The molecule has 0 bridgehead atoms. The van der Waals surface area contributed by atoms with Gasteiger partial charge in [0.15, 0.2) is 11.1 Å². The number of hydrogen-bond donors (Lipinski definition) is 2. The van der Waals surface area contributed by atoms with Gasteiger partial charge in [0.2, 0.25) is 0 Å². The molecule has 19 heavy (non-hydrogen) atoms. The molecular formula is C13H23N5S. The predicted octanol–water partition coefficient (Wildman–Crippen LogP) is 1.60. The van der Waals surface area contributed by atoms with Crippen LogP contribution in [0.4, 0.5) is 5.13 Å². The molecule has 0 aliphatic carbocycles. The molecule has 1 saturated heterocycles. The molecule has 2 heterocycles. The van der Waals surface area contributed by atoms with Crippen molar-refractivity contribution in [2.75, 3.05) is 31.1 Å². The molecule has 0 spiro atoms. The molecule has 0 atom stereocenters. The average molecular weight is 281 g/mol. The lowest BCUT2D eigenvalue weighted by Gasteiger charge is -2.12. The summed E-state index contributed by atoms with van der Waals surface area (Å²) in [6, 6.07) is 0. The first kappa shape index (κ1) is 14.1. The number of anilines is 1. The summed E-state index contributed by atoms with van der Waals surface area (Å²) in [4.78, 5) is 11.2. The van der Waals surface area contributed by atoms with Gasteiger partial charge in [0.05, 0.1) is 5.69 Å². The number of aromatic nitrogens is 1. The predicted molar refractivity (Wildman–Crippen MR) is 82.0 cm³/mol. The first-order valence-electron chi connectivity index (χ1n) is 7.02. The summed E-state index contributed by atoms with van der Waals surface area (Å²) in [6.45, 7) is 5.98. The highest BCUT2D eigenvalue weighted by atomic mass is 32.1. The van der Waals surface area contributed by atoms with Gasteiger partial charge in [-0.05, 0) is 19.3 Å². The fraction of sp³-hybridized carbons (Fsp3) is 0.692. The van der Waals surface area contributed by atoms with Crippen LogP contribution in [-0.2, 0) is 6.42 Å². The van der Waals surface area contributed by atoms with Crippen LogP contribution in [0, 0.1) is 0 Å². The Bertz CT molecular complexity index is 409. The Kier molecular flexibility index (Phi) is 5.44. The Hall–Kier alpha value is -1.30. The molecule has 5 nitrogen and oxygen atoms in total. The summed E-state index contributed by atoms with van der Waals surface area (Å²) in [5.41, 5.74) is 6.88. The van der Waals surface area contributed by atoms with Crippen LogP contribution < -0.4 is 16.0 Å². The van der Waals surface area contributed by atoms with Crippen molar-refractivity contribution in [3.8, 4) is 0 Å². The number of aliphatic imine (C=N–C) groups is 1. The van der Waals surface area contributed by atoms with E-state index in [4.69, 9.17) is 5.73 Å². The fourth-order valence-electron chi connectivity index (χ4n) is 2.07. The molecular weight excluding hydrogens is 258 g/mol. The maximum absolute atomic E-state index is 5.74. The standard InChI is InChI=1S/C13H23N5S/c1-2-6-15-12(14)16-7-5-11-10-19-13(17-11)18-8-3-4-9-18/h10H,2-9H2,1H3,(H3,14,15,16). The van der Waals surface area contributed by atoms with Crippen molar-refractivity contribution >= 4 is 22.4 Å². The monoisotopic (exact) mass is 281 g/mol. The molecule has 2 rings (SSSR count). The van der Waals surface area contributed by atoms with E-state index < -0.39 is 0 Å². The first-order valence-corrected chi connectivity index (χ1v) is 7.90. The third-order valence-electron chi connectivity index (χ3n) is 3.11. The van der Waals surface area contributed by atoms with Crippen LogP contribution in [0.3, 0.4) is 0 Å². The molecule has 0 aromatic carbocycles. The topological polar surface area (TPSA) is 66.5 Å². The van der Waals surface area contributed by atoms with E-state index in [2.05, 4.69) is 32.5 Å². The van der Waals surface area contributed by atoms with Gasteiger partial charge < -0.3 is 16.0 Å². The second-order valence-corrected chi connectivity index (χ2v) is 5.60. The first-order chi connectivity index (χ1) is 9.29. The van der Waals surface area contributed by atoms with Gasteiger partial charge in [0.1, 0.15) is 0 Å². The molecule has 1 aromatic heterocycles. The number of nitrogens with one attached hydrogen (secondary N) is 1. The van der Waals surface area contributed by atoms with Gasteiger partial charge in [-0.3, -0.25) is 4.99 Å². The van der Waals surface area contributed by atoms with Crippen LogP contribution in [0.5, 0.6) is 0 Å². The summed E-state index contributed by atoms with van der Waals surface area (Å²) < 4.78 is 0. The van der Waals surface area contributed by atoms with Crippen LogP contribution in [-0.4, -0.2) is 37.1 Å². The molecule has 0 amide bonds. The lowest BCUT2D eigenvalue weighted by atomic mass is 10.3. The zero-order valence-electron chi connectivity index (χ0n) is 11.6. The highest BCUT2D eigenvalue weighted by Gasteiger charge is 2.15. The smallest absolute Gasteiger partial charge is 0.188 e. The second-order valence-electron chi connectivity index (χ2n) is 4.76. The molecule has 106 valence electrons. The Morgan fingerprint density at radius 2 is 2.32 bits per heavy atom. The normalized spacial score (nSPS) is 16.1. The molecule has 1 aromatic rings. The van der Waals surface area contributed by atoms with E-state index in [1.165, 1.54) is 18.0 Å². The van der Waals surface area contributed by atoms with Gasteiger partial charge in [0, 0.05) is 38.0 Å². The molecule has 0 unspecified atom stereocenters. The maximum atomic E-state index is 5.74. The van der Waals surface area contributed by atoms with E-state index >= 15 is 0 Å². The van der Waals surface area contributed by atoms with Crippen molar-refractivity contribution < 1.29 is 0 Å². The number of hydrogen-bond acceptors (Lipinski definition) is 4. The third kappa shape index (κ3) is 4.38. The van der Waals surface area contributed by atoms with Gasteiger partial charge in [-0.25, -0.2) is 4.98 Å². The Labute approximate surface area is 118 Å². The van der Waals surface area contributed by atoms with Crippen LogP contribution in [0.15, 0.2) is 10.4 Å². The lowest BCUT2D eigenvalue weighted by Crippen LogP contribution is -2.33. The Balaban J connectivity index is 1.74. The molecule has 3 N–H and O–H groups in total. The van der Waals surface area contributed by atoms with Gasteiger partial charge in [-0.15, -0.1) is 11.3 Å². The van der Waals surface area contributed by atoms with Crippen LogP contribution >= 0.6 is 11.3 Å². The Morgan fingerprint density at radius 1 is 1.53 bits per heavy atom. The van der Waals surface area contributed by atoms with Crippen molar-refractivity contribution in [1.29, 1.82) is 0 Å². The number of nitrogens with two attached hydrogens (primary N) is 1. The zero-order chi connectivity index (χ0) is 13.5. The summed E-state index contributed by atoms with van der Waals surface area (Å²) in [7, 11) is 0. The van der Waals surface area contributed by atoms with E-state index in [1.54, 1.807) is 11.3 Å². The van der Waals surface area contributed by atoms with Gasteiger partial charge in [-0.2, -0.15) is 0 Å².